The molecule has 0 spiro atoms. The highest BCUT2D eigenvalue weighted by Crippen LogP contribution is 2.21. The van der Waals surface area contributed by atoms with E-state index in [2.05, 4.69) is 10.3 Å². The predicted molar refractivity (Wildman–Crippen MR) is 76.4 cm³/mol. The topological polar surface area (TPSA) is 105 Å². The molecule has 0 saturated carbocycles. The summed E-state index contributed by atoms with van der Waals surface area (Å²) in [4.78, 5) is 25.2. The van der Waals surface area contributed by atoms with E-state index < -0.39 is 10.9 Å². The maximum atomic E-state index is 10.9. The van der Waals surface area contributed by atoms with Crippen molar-refractivity contribution in [2.24, 2.45) is 0 Å². The summed E-state index contributed by atoms with van der Waals surface area (Å²) >= 11 is 0. The van der Waals surface area contributed by atoms with Gasteiger partial charge in [-0.2, -0.15) is 0 Å². The highest BCUT2D eigenvalue weighted by molar-refractivity contribution is 5.85. The molecule has 2 aromatic rings. The van der Waals surface area contributed by atoms with Gasteiger partial charge in [-0.3, -0.25) is 10.1 Å². The lowest BCUT2D eigenvalue weighted by Gasteiger charge is -2.09. The molecule has 0 unspecified atom stereocenters. The average Bonchev–Trinajstić information content (AvgIpc) is 2.46. The van der Waals surface area contributed by atoms with Crippen LogP contribution in [0.5, 0.6) is 0 Å². The monoisotopic (exact) mass is 287 g/mol. The number of nitrogens with zero attached hydrogens (tertiary/aromatic N) is 2. The molecule has 1 heterocycles. The second-order valence-electron chi connectivity index (χ2n) is 4.39. The van der Waals surface area contributed by atoms with E-state index in [1.807, 2.05) is 0 Å². The summed E-state index contributed by atoms with van der Waals surface area (Å²) in [6.45, 7) is 2.00. The summed E-state index contributed by atoms with van der Waals surface area (Å²) in [5.41, 5.74) is 1.33. The van der Waals surface area contributed by atoms with E-state index in [-0.39, 0.29) is 11.4 Å². The lowest BCUT2D eigenvalue weighted by Crippen LogP contribution is -2.07. The van der Waals surface area contributed by atoms with E-state index >= 15 is 0 Å². The van der Waals surface area contributed by atoms with Gasteiger partial charge in [0.2, 0.25) is 0 Å². The Morgan fingerprint density at radius 1 is 1.33 bits per heavy atom. The number of carboxylic acids is 1. The molecule has 0 aliphatic carbocycles. The molecular weight excluding hydrogens is 274 g/mol. The third-order valence-corrected chi connectivity index (χ3v) is 3.04. The Balaban J connectivity index is 2.17. The van der Waals surface area contributed by atoms with Crippen LogP contribution >= 0.6 is 0 Å². The number of nitro benzene ring substituents is 1. The highest BCUT2D eigenvalue weighted by atomic mass is 16.6. The molecule has 21 heavy (non-hydrogen) atoms. The fourth-order valence-electron chi connectivity index (χ4n) is 1.90. The van der Waals surface area contributed by atoms with Crippen molar-refractivity contribution in [3.63, 3.8) is 0 Å². The van der Waals surface area contributed by atoms with Crippen LogP contribution in [0.4, 0.5) is 11.5 Å². The van der Waals surface area contributed by atoms with Crippen molar-refractivity contribution in [3.05, 3.63) is 63.3 Å². The number of rotatable bonds is 5. The zero-order valence-corrected chi connectivity index (χ0v) is 11.2. The number of aromatic nitrogens is 1. The van der Waals surface area contributed by atoms with Crippen LogP contribution in [-0.4, -0.2) is 21.0 Å². The molecule has 0 saturated heterocycles. The molecule has 0 fully saturated rings. The Labute approximate surface area is 120 Å². The Bertz CT molecular complexity index is 700. The second kappa shape index (κ2) is 6.00. The normalized spacial score (nSPS) is 10.1. The zero-order valence-electron chi connectivity index (χ0n) is 11.2. The van der Waals surface area contributed by atoms with Gasteiger partial charge >= 0.3 is 5.97 Å². The summed E-state index contributed by atoms with van der Waals surface area (Å²) in [7, 11) is 0. The van der Waals surface area contributed by atoms with Crippen LogP contribution in [0.25, 0.3) is 0 Å². The molecule has 1 aromatic carbocycles. The number of hydrogen-bond acceptors (Lipinski definition) is 5. The molecule has 2 rings (SSSR count). The first-order chi connectivity index (χ1) is 9.99. The van der Waals surface area contributed by atoms with Crippen LogP contribution in [0.2, 0.25) is 0 Å². The molecule has 0 amide bonds. The fourth-order valence-corrected chi connectivity index (χ4v) is 1.90. The van der Waals surface area contributed by atoms with Crippen LogP contribution in [0, 0.1) is 17.0 Å². The average molecular weight is 287 g/mol. The third-order valence-electron chi connectivity index (χ3n) is 3.04. The van der Waals surface area contributed by atoms with E-state index in [1.165, 1.54) is 12.1 Å². The van der Waals surface area contributed by atoms with Crippen molar-refractivity contribution >= 4 is 17.5 Å². The van der Waals surface area contributed by atoms with Crippen molar-refractivity contribution < 1.29 is 14.8 Å². The maximum absolute atomic E-state index is 10.9. The van der Waals surface area contributed by atoms with Crippen LogP contribution in [0.15, 0.2) is 36.4 Å². The van der Waals surface area contributed by atoms with Gasteiger partial charge in [-0.05, 0) is 24.6 Å². The van der Waals surface area contributed by atoms with E-state index in [9.17, 15) is 14.9 Å². The highest BCUT2D eigenvalue weighted by Gasteiger charge is 2.13. The standard InChI is InChI=1S/C14H13N3O4/c1-9-10(4-2-6-12(9)17(20)21)8-15-13-7-3-5-11(16-13)14(18)19/h2-7H,8H2,1H3,(H,15,16)(H,18,19). The van der Waals surface area contributed by atoms with E-state index in [0.717, 1.165) is 5.56 Å². The summed E-state index contributed by atoms with van der Waals surface area (Å²) in [5.74, 6) is -0.703. The minimum Gasteiger partial charge on any atom is -0.477 e. The van der Waals surface area contributed by atoms with Crippen LogP contribution in [-0.2, 0) is 6.54 Å². The van der Waals surface area contributed by atoms with Crippen molar-refractivity contribution in [2.45, 2.75) is 13.5 Å². The van der Waals surface area contributed by atoms with Crippen LogP contribution < -0.4 is 5.32 Å². The molecule has 0 radical (unpaired) electrons. The summed E-state index contributed by atoms with van der Waals surface area (Å²) in [6.07, 6.45) is 0. The Morgan fingerprint density at radius 3 is 2.71 bits per heavy atom. The molecule has 7 heteroatoms. The lowest BCUT2D eigenvalue weighted by atomic mass is 10.1. The number of anilines is 1. The number of nitro groups is 1. The van der Waals surface area contributed by atoms with Crippen LogP contribution in [0.3, 0.4) is 0 Å². The molecule has 7 nitrogen and oxygen atoms in total. The number of carboxylic acid groups (broad SMARTS) is 1. The predicted octanol–water partition coefficient (Wildman–Crippen LogP) is 2.61. The number of hydrogen-bond donors (Lipinski definition) is 2. The maximum Gasteiger partial charge on any atom is 0.354 e. The first-order valence-electron chi connectivity index (χ1n) is 6.16. The lowest BCUT2D eigenvalue weighted by molar-refractivity contribution is -0.385. The van der Waals surface area contributed by atoms with Crippen molar-refractivity contribution in [3.8, 4) is 0 Å². The van der Waals surface area contributed by atoms with Crippen molar-refractivity contribution in [1.29, 1.82) is 0 Å². The Morgan fingerprint density at radius 2 is 2.05 bits per heavy atom. The van der Waals surface area contributed by atoms with E-state index in [1.54, 1.807) is 31.2 Å². The molecular formula is C14H13N3O4. The van der Waals surface area contributed by atoms with Crippen molar-refractivity contribution in [1.82, 2.24) is 4.98 Å². The van der Waals surface area contributed by atoms with Gasteiger partial charge in [0.15, 0.2) is 5.69 Å². The number of carbonyl (C=O) groups is 1. The minimum absolute atomic E-state index is 0.0570. The van der Waals surface area contributed by atoms with Gasteiger partial charge in [0.05, 0.1) is 4.92 Å². The Kier molecular flexibility index (Phi) is 4.13. The van der Waals surface area contributed by atoms with Gasteiger partial charge in [-0.25, -0.2) is 9.78 Å². The SMILES string of the molecule is Cc1c(CNc2cccc(C(=O)O)n2)cccc1[N+](=O)[O-]. The quantitative estimate of drug-likeness (QED) is 0.646. The fraction of sp³-hybridized carbons (Fsp3) is 0.143. The van der Waals surface area contributed by atoms with Gasteiger partial charge in [-0.15, -0.1) is 0 Å². The molecule has 0 bridgehead atoms. The molecule has 0 atom stereocenters. The Hall–Kier alpha value is -2.96. The first-order valence-corrected chi connectivity index (χ1v) is 6.16. The first kappa shape index (κ1) is 14.4. The largest absolute Gasteiger partial charge is 0.477 e. The van der Waals surface area contributed by atoms with Crippen molar-refractivity contribution in [2.75, 3.05) is 5.32 Å². The third kappa shape index (κ3) is 3.33. The van der Waals surface area contributed by atoms with Gasteiger partial charge in [0.25, 0.3) is 5.69 Å². The van der Waals surface area contributed by atoms with E-state index in [4.69, 9.17) is 5.11 Å². The van der Waals surface area contributed by atoms with Gasteiger partial charge in [0, 0.05) is 18.2 Å². The molecule has 0 aliphatic heterocycles. The summed E-state index contributed by atoms with van der Waals surface area (Å²) in [6, 6.07) is 9.45. The number of nitrogens with one attached hydrogen (secondary N) is 1. The number of benzene rings is 1. The zero-order chi connectivity index (χ0) is 15.4. The molecule has 1 aromatic heterocycles. The van der Waals surface area contributed by atoms with E-state index in [0.29, 0.717) is 17.9 Å². The molecule has 2 N–H and O–H groups in total. The second-order valence-corrected chi connectivity index (χ2v) is 4.39. The molecule has 0 aliphatic rings. The van der Waals surface area contributed by atoms with Gasteiger partial charge in [-0.1, -0.05) is 18.2 Å². The summed E-state index contributed by atoms with van der Waals surface area (Å²) < 4.78 is 0. The van der Waals surface area contributed by atoms with Gasteiger partial charge < -0.3 is 10.4 Å². The number of pyridine rings is 1. The number of aromatic carboxylic acids is 1. The molecule has 108 valence electrons. The van der Waals surface area contributed by atoms with Crippen LogP contribution in [0.1, 0.15) is 21.6 Å². The van der Waals surface area contributed by atoms with Gasteiger partial charge in [0.1, 0.15) is 5.82 Å². The summed E-state index contributed by atoms with van der Waals surface area (Å²) in [5, 5.41) is 22.7. The smallest absolute Gasteiger partial charge is 0.354 e. The minimum atomic E-state index is -1.11.